The van der Waals surface area contributed by atoms with E-state index in [4.69, 9.17) is 9.47 Å². The molecule has 2 atom stereocenters. The Morgan fingerprint density at radius 3 is 2.33 bits per heavy atom. The first-order valence-electron chi connectivity index (χ1n) is 11.6. The zero-order valence-electron chi connectivity index (χ0n) is 18.6. The van der Waals surface area contributed by atoms with E-state index in [1.807, 2.05) is 6.07 Å². The van der Waals surface area contributed by atoms with E-state index in [0.29, 0.717) is 11.8 Å². The minimum atomic E-state index is 0.129. The van der Waals surface area contributed by atoms with Crippen LogP contribution in [0, 0.1) is 11.8 Å². The number of likely N-dealkylation sites (tertiary alicyclic amines) is 3. The lowest BCUT2D eigenvalue weighted by Crippen LogP contribution is -2.48. The Morgan fingerprint density at radius 2 is 1.63 bits per heavy atom. The second-order valence-electron chi connectivity index (χ2n) is 9.22. The Bertz CT molecular complexity index is 714. The van der Waals surface area contributed by atoms with Gasteiger partial charge in [-0.2, -0.15) is 0 Å². The number of hydrogen-bond donors (Lipinski definition) is 0. The molecule has 6 heteroatoms. The van der Waals surface area contributed by atoms with Gasteiger partial charge in [-0.25, -0.2) is 0 Å². The number of piperidine rings is 1. The van der Waals surface area contributed by atoms with Crippen LogP contribution in [0.4, 0.5) is 0 Å². The first-order chi connectivity index (χ1) is 14.7. The summed E-state index contributed by atoms with van der Waals surface area (Å²) in [6, 6.07) is 6.16. The number of carbonyl (C=O) groups is 1. The van der Waals surface area contributed by atoms with Gasteiger partial charge in [-0.3, -0.25) is 9.69 Å². The normalized spacial score (nSPS) is 25.6. The van der Waals surface area contributed by atoms with E-state index < -0.39 is 0 Å². The number of rotatable bonds is 7. The van der Waals surface area contributed by atoms with Crippen LogP contribution in [0.25, 0.3) is 0 Å². The standard InChI is InChI=1S/C24H37N3O3/c1-29-22-8-7-19(14-23(22)30-2)15-26-17-20(16-25-9-3-4-10-25)13-21(18-26)24(28)27-11-5-6-12-27/h7-8,14,20-21H,3-6,9-13,15-18H2,1-2H3/t20-,21-/m1/s1. The van der Waals surface area contributed by atoms with E-state index in [-0.39, 0.29) is 5.92 Å². The summed E-state index contributed by atoms with van der Waals surface area (Å²) < 4.78 is 10.9. The minimum Gasteiger partial charge on any atom is -0.493 e. The molecular weight excluding hydrogens is 378 g/mol. The van der Waals surface area contributed by atoms with Crippen molar-refractivity contribution >= 4 is 5.91 Å². The maximum absolute atomic E-state index is 13.2. The van der Waals surface area contributed by atoms with E-state index in [9.17, 15) is 4.79 Å². The lowest BCUT2D eigenvalue weighted by Gasteiger charge is -2.39. The number of ether oxygens (including phenoxy) is 2. The predicted octanol–water partition coefficient (Wildman–Crippen LogP) is 2.86. The largest absolute Gasteiger partial charge is 0.493 e. The number of nitrogens with zero attached hydrogens (tertiary/aromatic N) is 3. The molecule has 4 rings (SSSR count). The van der Waals surface area contributed by atoms with E-state index in [0.717, 1.165) is 70.0 Å². The Balaban J connectivity index is 1.46. The van der Waals surface area contributed by atoms with Gasteiger partial charge in [-0.15, -0.1) is 0 Å². The molecule has 6 nitrogen and oxygen atoms in total. The van der Waals surface area contributed by atoms with Crippen LogP contribution in [0.2, 0.25) is 0 Å². The van der Waals surface area contributed by atoms with Gasteiger partial charge in [0.2, 0.25) is 5.91 Å². The van der Waals surface area contributed by atoms with Gasteiger partial charge >= 0.3 is 0 Å². The number of amides is 1. The monoisotopic (exact) mass is 415 g/mol. The van der Waals surface area contributed by atoms with Gasteiger partial charge in [0.05, 0.1) is 20.1 Å². The molecule has 1 aromatic carbocycles. The molecule has 3 fully saturated rings. The van der Waals surface area contributed by atoms with Crippen molar-refractivity contribution in [2.45, 2.75) is 38.6 Å². The quantitative estimate of drug-likeness (QED) is 0.685. The van der Waals surface area contributed by atoms with Gasteiger partial charge in [-0.05, 0) is 68.8 Å². The third-order valence-electron chi connectivity index (χ3n) is 6.95. The van der Waals surface area contributed by atoms with Crippen molar-refractivity contribution in [3.05, 3.63) is 23.8 Å². The van der Waals surface area contributed by atoms with Gasteiger partial charge in [-0.1, -0.05) is 6.07 Å². The van der Waals surface area contributed by atoms with Crippen LogP contribution in [0.5, 0.6) is 11.5 Å². The molecule has 3 aliphatic heterocycles. The van der Waals surface area contributed by atoms with Crippen molar-refractivity contribution in [1.29, 1.82) is 0 Å². The molecule has 1 amide bonds. The lowest BCUT2D eigenvalue weighted by atomic mass is 9.87. The van der Waals surface area contributed by atoms with E-state index in [1.54, 1.807) is 14.2 Å². The van der Waals surface area contributed by atoms with Crippen LogP contribution in [0.1, 0.15) is 37.7 Å². The third kappa shape index (κ3) is 5.09. The van der Waals surface area contributed by atoms with Gasteiger partial charge in [0.15, 0.2) is 11.5 Å². The van der Waals surface area contributed by atoms with Crippen LogP contribution in [0.3, 0.4) is 0 Å². The Hall–Kier alpha value is -1.79. The average molecular weight is 416 g/mol. The highest BCUT2D eigenvalue weighted by atomic mass is 16.5. The number of hydrogen-bond acceptors (Lipinski definition) is 5. The highest BCUT2D eigenvalue weighted by molar-refractivity contribution is 5.79. The average Bonchev–Trinajstić information content (AvgIpc) is 3.47. The minimum absolute atomic E-state index is 0.129. The van der Waals surface area contributed by atoms with Crippen LogP contribution < -0.4 is 9.47 Å². The topological polar surface area (TPSA) is 45.2 Å². The predicted molar refractivity (Wildman–Crippen MR) is 118 cm³/mol. The third-order valence-corrected chi connectivity index (χ3v) is 6.95. The Morgan fingerprint density at radius 1 is 0.933 bits per heavy atom. The molecule has 3 aliphatic rings. The summed E-state index contributed by atoms with van der Waals surface area (Å²) in [4.78, 5) is 20.4. The summed E-state index contributed by atoms with van der Waals surface area (Å²) in [5.41, 5.74) is 1.21. The van der Waals surface area contributed by atoms with Gasteiger partial charge in [0.1, 0.15) is 0 Å². The van der Waals surface area contributed by atoms with Crippen LogP contribution in [-0.4, -0.2) is 80.6 Å². The zero-order chi connectivity index (χ0) is 20.9. The maximum atomic E-state index is 13.2. The molecule has 0 N–H and O–H groups in total. The summed E-state index contributed by atoms with van der Waals surface area (Å²) in [6.45, 7) is 8.24. The fraction of sp³-hybridized carbons (Fsp3) is 0.708. The molecule has 3 saturated heterocycles. The number of carbonyl (C=O) groups excluding carboxylic acids is 1. The molecular formula is C24H37N3O3. The number of benzene rings is 1. The van der Waals surface area contributed by atoms with Crippen molar-refractivity contribution in [2.24, 2.45) is 11.8 Å². The first kappa shape index (κ1) is 21.4. The van der Waals surface area contributed by atoms with Crippen LogP contribution in [0.15, 0.2) is 18.2 Å². The molecule has 0 spiro atoms. The van der Waals surface area contributed by atoms with Crippen molar-refractivity contribution in [1.82, 2.24) is 14.7 Å². The summed E-state index contributed by atoms with van der Waals surface area (Å²) in [5.74, 6) is 2.60. The highest BCUT2D eigenvalue weighted by Crippen LogP contribution is 2.31. The van der Waals surface area contributed by atoms with Crippen LogP contribution in [-0.2, 0) is 11.3 Å². The smallest absolute Gasteiger partial charge is 0.226 e. The van der Waals surface area contributed by atoms with Crippen molar-refractivity contribution in [2.75, 3.05) is 60.0 Å². The molecule has 0 unspecified atom stereocenters. The summed E-state index contributed by atoms with van der Waals surface area (Å²) in [6.07, 6.45) is 5.99. The summed E-state index contributed by atoms with van der Waals surface area (Å²) >= 11 is 0. The van der Waals surface area contributed by atoms with Gasteiger partial charge in [0.25, 0.3) is 0 Å². The lowest BCUT2D eigenvalue weighted by molar-refractivity contribution is -0.137. The SMILES string of the molecule is COc1ccc(CN2C[C@@H](CN3CCCC3)C[C@@H](C(=O)N3CCCC3)C2)cc1OC. The fourth-order valence-electron chi connectivity index (χ4n) is 5.51. The number of methoxy groups -OCH3 is 2. The molecule has 0 aliphatic carbocycles. The first-order valence-corrected chi connectivity index (χ1v) is 11.6. The Labute approximate surface area is 181 Å². The molecule has 0 aromatic heterocycles. The highest BCUT2D eigenvalue weighted by Gasteiger charge is 2.35. The summed E-state index contributed by atoms with van der Waals surface area (Å²) in [7, 11) is 3.35. The molecule has 3 heterocycles. The second-order valence-corrected chi connectivity index (χ2v) is 9.22. The Kier molecular flexibility index (Phi) is 7.16. The summed E-state index contributed by atoms with van der Waals surface area (Å²) in [5, 5.41) is 0. The molecule has 0 bridgehead atoms. The van der Waals surface area contributed by atoms with E-state index in [2.05, 4.69) is 26.8 Å². The van der Waals surface area contributed by atoms with E-state index >= 15 is 0 Å². The molecule has 30 heavy (non-hydrogen) atoms. The van der Waals surface area contributed by atoms with Crippen molar-refractivity contribution < 1.29 is 14.3 Å². The van der Waals surface area contributed by atoms with Gasteiger partial charge in [0, 0.05) is 39.3 Å². The van der Waals surface area contributed by atoms with E-state index in [1.165, 1.54) is 31.5 Å². The van der Waals surface area contributed by atoms with Crippen molar-refractivity contribution in [3.8, 4) is 11.5 Å². The molecule has 0 radical (unpaired) electrons. The zero-order valence-corrected chi connectivity index (χ0v) is 18.6. The molecule has 1 aromatic rings. The van der Waals surface area contributed by atoms with Gasteiger partial charge < -0.3 is 19.3 Å². The fourth-order valence-corrected chi connectivity index (χ4v) is 5.51. The van der Waals surface area contributed by atoms with Crippen molar-refractivity contribution in [3.63, 3.8) is 0 Å². The molecule has 0 saturated carbocycles. The maximum Gasteiger partial charge on any atom is 0.226 e. The van der Waals surface area contributed by atoms with Crippen LogP contribution >= 0.6 is 0 Å². The molecule has 166 valence electrons. The second kappa shape index (κ2) is 10.0.